The summed E-state index contributed by atoms with van der Waals surface area (Å²) in [5.41, 5.74) is 5.03. The Balaban J connectivity index is 1.90. The summed E-state index contributed by atoms with van der Waals surface area (Å²) in [6.07, 6.45) is 10.0. The highest BCUT2D eigenvalue weighted by molar-refractivity contribution is 9.10. The molecule has 0 atom stereocenters. The molecule has 0 aliphatic rings. The van der Waals surface area contributed by atoms with Gasteiger partial charge in [-0.05, 0) is 35.4 Å². The van der Waals surface area contributed by atoms with Crippen LogP contribution in [0.1, 0.15) is 0 Å². The maximum atomic E-state index is 4.70. The maximum absolute atomic E-state index is 4.70. The first-order chi connectivity index (χ1) is 12.3. The highest BCUT2D eigenvalue weighted by Gasteiger charge is 2.10. The summed E-state index contributed by atoms with van der Waals surface area (Å²) >= 11 is 3.47. The zero-order valence-corrected chi connectivity index (χ0v) is 14.6. The lowest BCUT2D eigenvalue weighted by atomic mass is 10.0. The Bertz CT molecular complexity index is 931. The maximum Gasteiger partial charge on any atom is 0.107 e. The summed E-state index contributed by atoms with van der Waals surface area (Å²) < 4.78 is 1.04. The van der Waals surface area contributed by atoms with E-state index in [4.69, 9.17) is 4.98 Å². The van der Waals surface area contributed by atoms with Crippen LogP contribution in [-0.2, 0) is 0 Å². The molecule has 5 nitrogen and oxygen atoms in total. The lowest BCUT2D eigenvalue weighted by molar-refractivity contribution is 1.15. The molecule has 0 bridgehead atoms. The van der Waals surface area contributed by atoms with Crippen LogP contribution in [0.25, 0.3) is 33.9 Å². The van der Waals surface area contributed by atoms with E-state index in [0.29, 0.717) is 11.4 Å². The highest BCUT2D eigenvalue weighted by Crippen LogP contribution is 2.29. The van der Waals surface area contributed by atoms with Gasteiger partial charge in [0.25, 0.3) is 0 Å². The SMILES string of the molecule is Brc1ccc(-c2cc(-c3cnccn3)nc(-c3cnccn3)c2)cc1. The largest absolute Gasteiger partial charge is 0.261 e. The molecular formula is C19H12BrN5. The molecule has 0 amide bonds. The summed E-state index contributed by atoms with van der Waals surface area (Å²) in [5, 5.41) is 0. The topological polar surface area (TPSA) is 64.5 Å². The predicted molar refractivity (Wildman–Crippen MR) is 99.4 cm³/mol. The fraction of sp³-hybridized carbons (Fsp3) is 0. The minimum absolute atomic E-state index is 0.714. The zero-order valence-electron chi connectivity index (χ0n) is 13.0. The van der Waals surface area contributed by atoms with Crippen molar-refractivity contribution in [3.8, 4) is 33.9 Å². The number of pyridine rings is 1. The molecule has 0 saturated heterocycles. The molecule has 0 radical (unpaired) electrons. The fourth-order valence-corrected chi connectivity index (χ4v) is 2.73. The van der Waals surface area contributed by atoms with E-state index in [1.165, 1.54) is 0 Å². The molecule has 0 saturated carbocycles. The van der Waals surface area contributed by atoms with Gasteiger partial charge in [-0.3, -0.25) is 19.9 Å². The third-order valence-corrected chi connectivity index (χ3v) is 4.18. The van der Waals surface area contributed by atoms with Gasteiger partial charge >= 0.3 is 0 Å². The predicted octanol–water partition coefficient (Wildman–Crippen LogP) is 4.43. The van der Waals surface area contributed by atoms with Gasteiger partial charge in [-0.1, -0.05) is 28.1 Å². The number of halogens is 1. The smallest absolute Gasteiger partial charge is 0.107 e. The molecule has 0 fully saturated rings. The molecule has 4 rings (SSSR count). The molecule has 0 N–H and O–H groups in total. The van der Waals surface area contributed by atoms with Crippen molar-refractivity contribution in [1.82, 2.24) is 24.9 Å². The molecule has 6 heteroatoms. The second-order valence-electron chi connectivity index (χ2n) is 5.31. The molecule has 120 valence electrons. The summed E-state index contributed by atoms with van der Waals surface area (Å²) in [7, 11) is 0. The van der Waals surface area contributed by atoms with E-state index in [-0.39, 0.29) is 0 Å². The number of hydrogen-bond donors (Lipinski definition) is 0. The van der Waals surface area contributed by atoms with Crippen LogP contribution in [0.5, 0.6) is 0 Å². The van der Waals surface area contributed by atoms with Crippen LogP contribution in [0.15, 0.2) is 78.1 Å². The summed E-state index contributed by atoms with van der Waals surface area (Å²) in [6.45, 7) is 0. The van der Waals surface area contributed by atoms with E-state index in [1.54, 1.807) is 37.2 Å². The number of aromatic nitrogens is 5. The summed E-state index contributed by atoms with van der Waals surface area (Å²) in [4.78, 5) is 21.7. The van der Waals surface area contributed by atoms with Gasteiger partial charge in [0.05, 0.1) is 23.8 Å². The number of hydrogen-bond acceptors (Lipinski definition) is 5. The van der Waals surface area contributed by atoms with Gasteiger partial charge < -0.3 is 0 Å². The number of benzene rings is 1. The molecule has 1 aromatic carbocycles. The third kappa shape index (κ3) is 3.44. The molecule has 0 aliphatic heterocycles. The van der Waals surface area contributed by atoms with Gasteiger partial charge in [-0.25, -0.2) is 4.98 Å². The molecular weight excluding hydrogens is 378 g/mol. The van der Waals surface area contributed by atoms with E-state index in [2.05, 4.69) is 48.0 Å². The van der Waals surface area contributed by atoms with Crippen molar-refractivity contribution in [2.75, 3.05) is 0 Å². The van der Waals surface area contributed by atoms with Gasteiger partial charge in [-0.15, -0.1) is 0 Å². The van der Waals surface area contributed by atoms with E-state index < -0.39 is 0 Å². The highest BCUT2D eigenvalue weighted by atomic mass is 79.9. The van der Waals surface area contributed by atoms with Crippen molar-refractivity contribution in [3.05, 3.63) is 78.1 Å². The molecule has 3 heterocycles. The van der Waals surface area contributed by atoms with Crippen molar-refractivity contribution < 1.29 is 0 Å². The third-order valence-electron chi connectivity index (χ3n) is 3.65. The van der Waals surface area contributed by atoms with Crippen LogP contribution < -0.4 is 0 Å². The molecule has 0 aliphatic carbocycles. The van der Waals surface area contributed by atoms with Crippen LogP contribution in [0, 0.1) is 0 Å². The van der Waals surface area contributed by atoms with Gasteiger partial charge in [-0.2, -0.15) is 0 Å². The van der Waals surface area contributed by atoms with Gasteiger partial charge in [0.15, 0.2) is 0 Å². The average Bonchev–Trinajstić information content (AvgIpc) is 2.69. The van der Waals surface area contributed by atoms with Gasteiger partial charge in [0.2, 0.25) is 0 Å². The van der Waals surface area contributed by atoms with Crippen LogP contribution >= 0.6 is 15.9 Å². The van der Waals surface area contributed by atoms with Crippen molar-refractivity contribution >= 4 is 15.9 Å². The van der Waals surface area contributed by atoms with E-state index in [0.717, 1.165) is 27.0 Å². The average molecular weight is 390 g/mol. The first-order valence-corrected chi connectivity index (χ1v) is 8.40. The molecule has 0 spiro atoms. The van der Waals surface area contributed by atoms with Crippen molar-refractivity contribution in [2.24, 2.45) is 0 Å². The Kier molecular flexibility index (Phi) is 4.26. The Morgan fingerprint density at radius 1 is 0.600 bits per heavy atom. The quantitative estimate of drug-likeness (QED) is 0.518. The van der Waals surface area contributed by atoms with Gasteiger partial charge in [0, 0.05) is 29.3 Å². The minimum Gasteiger partial charge on any atom is -0.261 e. The monoisotopic (exact) mass is 389 g/mol. The number of rotatable bonds is 3. The molecule has 0 unspecified atom stereocenters. The van der Waals surface area contributed by atoms with E-state index in [1.807, 2.05) is 24.3 Å². The standard InChI is InChI=1S/C19H12BrN5/c20-15-3-1-13(2-4-15)14-9-16(18-11-21-5-7-23-18)25-17(10-14)19-12-22-6-8-24-19/h1-12H. The van der Waals surface area contributed by atoms with Crippen LogP contribution in [0.2, 0.25) is 0 Å². The van der Waals surface area contributed by atoms with Crippen LogP contribution in [0.4, 0.5) is 0 Å². The van der Waals surface area contributed by atoms with E-state index >= 15 is 0 Å². The van der Waals surface area contributed by atoms with Crippen LogP contribution in [0.3, 0.4) is 0 Å². The molecule has 4 aromatic rings. The van der Waals surface area contributed by atoms with Crippen molar-refractivity contribution in [3.63, 3.8) is 0 Å². The fourth-order valence-electron chi connectivity index (χ4n) is 2.46. The van der Waals surface area contributed by atoms with Crippen LogP contribution in [-0.4, -0.2) is 24.9 Å². The second kappa shape index (κ2) is 6.86. The lowest BCUT2D eigenvalue weighted by Crippen LogP contribution is -1.94. The Labute approximate surface area is 153 Å². The first kappa shape index (κ1) is 15.5. The van der Waals surface area contributed by atoms with Crippen molar-refractivity contribution in [2.45, 2.75) is 0 Å². The minimum atomic E-state index is 0.714. The lowest BCUT2D eigenvalue weighted by Gasteiger charge is -2.09. The number of nitrogens with zero attached hydrogens (tertiary/aromatic N) is 5. The zero-order chi connectivity index (χ0) is 17.1. The van der Waals surface area contributed by atoms with Crippen molar-refractivity contribution in [1.29, 1.82) is 0 Å². The Hall–Kier alpha value is -2.99. The van der Waals surface area contributed by atoms with E-state index in [9.17, 15) is 0 Å². The Morgan fingerprint density at radius 2 is 1.16 bits per heavy atom. The first-order valence-electron chi connectivity index (χ1n) is 7.60. The summed E-state index contributed by atoms with van der Waals surface area (Å²) in [5.74, 6) is 0. The normalized spacial score (nSPS) is 10.6. The Morgan fingerprint density at radius 3 is 1.64 bits per heavy atom. The molecule has 25 heavy (non-hydrogen) atoms. The summed E-state index contributed by atoms with van der Waals surface area (Å²) in [6, 6.07) is 12.2. The second-order valence-corrected chi connectivity index (χ2v) is 6.23. The molecule has 3 aromatic heterocycles. The van der Waals surface area contributed by atoms with Gasteiger partial charge in [0.1, 0.15) is 11.4 Å².